The molecule has 4 heteroatoms. The highest BCUT2D eigenvalue weighted by atomic mass is 16.5. The third-order valence-electron chi connectivity index (χ3n) is 3.20. The van der Waals surface area contributed by atoms with Crippen molar-refractivity contribution in [3.8, 4) is 5.88 Å². The van der Waals surface area contributed by atoms with Gasteiger partial charge in [0.15, 0.2) is 0 Å². The van der Waals surface area contributed by atoms with Crippen LogP contribution in [-0.2, 0) is 10.2 Å². The van der Waals surface area contributed by atoms with Crippen LogP contribution in [0, 0.1) is 0 Å². The van der Waals surface area contributed by atoms with Crippen molar-refractivity contribution in [1.29, 1.82) is 0 Å². The van der Waals surface area contributed by atoms with Crippen LogP contribution in [0.5, 0.6) is 5.88 Å². The molecule has 0 atom stereocenters. The number of likely N-dealkylation sites (N-methyl/N-ethyl adjacent to an activating group) is 1. The Morgan fingerprint density at radius 2 is 2.00 bits per heavy atom. The Labute approximate surface area is 115 Å². The van der Waals surface area contributed by atoms with Crippen LogP contribution in [0.1, 0.15) is 39.0 Å². The number of rotatable bonds is 2. The number of pyridine rings is 1. The zero-order valence-electron chi connectivity index (χ0n) is 12.6. The highest BCUT2D eigenvalue weighted by molar-refractivity contribution is 6.06. The van der Waals surface area contributed by atoms with E-state index in [0.717, 1.165) is 16.9 Å². The maximum absolute atomic E-state index is 12.1. The highest BCUT2D eigenvalue weighted by Gasteiger charge is 2.44. The van der Waals surface area contributed by atoms with Crippen molar-refractivity contribution in [3.05, 3.63) is 23.9 Å². The van der Waals surface area contributed by atoms with Gasteiger partial charge in [-0.3, -0.25) is 4.79 Å². The monoisotopic (exact) mass is 262 g/mol. The van der Waals surface area contributed by atoms with E-state index in [4.69, 9.17) is 4.74 Å². The number of aromatic nitrogens is 1. The van der Waals surface area contributed by atoms with Gasteiger partial charge < -0.3 is 9.64 Å². The van der Waals surface area contributed by atoms with E-state index >= 15 is 0 Å². The summed E-state index contributed by atoms with van der Waals surface area (Å²) >= 11 is 0. The molecule has 0 spiro atoms. The molecule has 1 aromatic rings. The summed E-state index contributed by atoms with van der Waals surface area (Å²) in [6, 6.07) is 1.89. The molecule has 0 aliphatic carbocycles. The predicted octanol–water partition coefficient (Wildman–Crippen LogP) is 3.01. The zero-order valence-corrected chi connectivity index (χ0v) is 12.6. The maximum Gasteiger partial charge on any atom is 0.238 e. The van der Waals surface area contributed by atoms with E-state index in [1.807, 2.05) is 33.8 Å². The van der Waals surface area contributed by atoms with Crippen molar-refractivity contribution >= 4 is 17.7 Å². The molecule has 0 saturated heterocycles. The van der Waals surface area contributed by atoms with Gasteiger partial charge in [-0.05, 0) is 19.9 Å². The van der Waals surface area contributed by atoms with Crippen LogP contribution >= 0.6 is 0 Å². The summed E-state index contributed by atoms with van der Waals surface area (Å²) in [5.74, 6) is 0.554. The molecule has 0 bridgehead atoms. The molecule has 0 aromatic carbocycles. The smallest absolute Gasteiger partial charge is 0.238 e. The first kappa shape index (κ1) is 15.2. The van der Waals surface area contributed by atoms with Crippen molar-refractivity contribution in [2.24, 2.45) is 0 Å². The number of methoxy groups -OCH3 is 1. The Morgan fingerprint density at radius 1 is 1.42 bits per heavy atom. The number of anilines is 1. The number of carbonyl (C=O) groups excluding carboxylic acids is 1. The number of nitrogens with zero attached hydrogens (tertiary/aromatic N) is 2. The quantitative estimate of drug-likeness (QED) is 0.822. The topological polar surface area (TPSA) is 42.4 Å². The van der Waals surface area contributed by atoms with Gasteiger partial charge in [-0.2, -0.15) is 0 Å². The number of ether oxygens (including phenoxy) is 1. The Morgan fingerprint density at radius 3 is 2.47 bits per heavy atom. The van der Waals surface area contributed by atoms with Gasteiger partial charge >= 0.3 is 0 Å². The molecule has 4 nitrogen and oxygen atoms in total. The van der Waals surface area contributed by atoms with Crippen molar-refractivity contribution < 1.29 is 9.53 Å². The molecule has 2 heterocycles. The second kappa shape index (κ2) is 5.43. The van der Waals surface area contributed by atoms with Gasteiger partial charge in [0.05, 0.1) is 23.9 Å². The van der Waals surface area contributed by atoms with Gasteiger partial charge in [0, 0.05) is 12.6 Å². The summed E-state index contributed by atoms with van der Waals surface area (Å²) in [5, 5.41) is 0. The summed E-state index contributed by atoms with van der Waals surface area (Å²) < 4.78 is 5.21. The molecule has 104 valence electrons. The second-order valence-corrected chi connectivity index (χ2v) is 4.65. The first-order chi connectivity index (χ1) is 8.93. The minimum Gasteiger partial charge on any atom is -0.481 e. The highest BCUT2D eigenvalue weighted by Crippen LogP contribution is 2.41. The van der Waals surface area contributed by atoms with Crippen molar-refractivity contribution in [1.82, 2.24) is 4.98 Å². The third-order valence-corrected chi connectivity index (χ3v) is 3.20. The lowest BCUT2D eigenvalue weighted by Crippen LogP contribution is -2.33. The van der Waals surface area contributed by atoms with Gasteiger partial charge in [-0.15, -0.1) is 0 Å². The van der Waals surface area contributed by atoms with E-state index in [1.54, 1.807) is 25.1 Å². The SMILES string of the molecule is C=Cc1cc2c(nc1OC)C(C)(C)C(=O)N2C.CC. The molecular weight excluding hydrogens is 240 g/mol. The van der Waals surface area contributed by atoms with E-state index in [9.17, 15) is 4.79 Å². The number of fused-ring (bicyclic) bond motifs is 1. The first-order valence-corrected chi connectivity index (χ1v) is 6.43. The fraction of sp³-hybridized carbons (Fsp3) is 0.467. The Balaban J connectivity index is 0.000000861. The van der Waals surface area contributed by atoms with Crippen LogP contribution in [0.2, 0.25) is 0 Å². The predicted molar refractivity (Wildman–Crippen MR) is 78.7 cm³/mol. The van der Waals surface area contributed by atoms with Crippen LogP contribution in [0.15, 0.2) is 12.6 Å². The van der Waals surface area contributed by atoms with E-state index in [1.165, 1.54) is 0 Å². The van der Waals surface area contributed by atoms with Gasteiger partial charge in [0.2, 0.25) is 11.8 Å². The van der Waals surface area contributed by atoms with Gasteiger partial charge in [-0.1, -0.05) is 26.5 Å². The molecule has 0 saturated carbocycles. The molecule has 1 aromatic heterocycles. The largest absolute Gasteiger partial charge is 0.481 e. The normalized spacial score (nSPS) is 15.5. The summed E-state index contributed by atoms with van der Waals surface area (Å²) in [7, 11) is 3.33. The lowest BCUT2D eigenvalue weighted by molar-refractivity contribution is -0.121. The summed E-state index contributed by atoms with van der Waals surface area (Å²) in [4.78, 5) is 18.2. The summed E-state index contributed by atoms with van der Waals surface area (Å²) in [5.41, 5.74) is 1.78. The number of amides is 1. The Bertz CT molecular complexity index is 507. The first-order valence-electron chi connectivity index (χ1n) is 6.43. The molecule has 19 heavy (non-hydrogen) atoms. The molecule has 1 aliphatic heterocycles. The van der Waals surface area contributed by atoms with Gasteiger partial charge in [0.25, 0.3) is 0 Å². The van der Waals surface area contributed by atoms with Crippen molar-refractivity contribution in [2.75, 3.05) is 19.1 Å². The van der Waals surface area contributed by atoms with Crippen LogP contribution in [0.4, 0.5) is 5.69 Å². The minimum absolute atomic E-state index is 0.0447. The maximum atomic E-state index is 12.1. The van der Waals surface area contributed by atoms with Gasteiger partial charge in [0.1, 0.15) is 0 Å². The molecule has 0 radical (unpaired) electrons. The molecular formula is C15H22N2O2. The minimum atomic E-state index is -0.600. The number of hydrogen-bond donors (Lipinski definition) is 0. The van der Waals surface area contributed by atoms with E-state index in [0.29, 0.717) is 5.88 Å². The summed E-state index contributed by atoms with van der Waals surface area (Å²) in [6.45, 7) is 11.5. The van der Waals surface area contributed by atoms with Crippen LogP contribution in [0.25, 0.3) is 6.08 Å². The van der Waals surface area contributed by atoms with Gasteiger partial charge in [-0.25, -0.2) is 4.98 Å². The second-order valence-electron chi connectivity index (χ2n) is 4.65. The van der Waals surface area contributed by atoms with Crippen LogP contribution in [0.3, 0.4) is 0 Å². The molecule has 0 unspecified atom stereocenters. The lowest BCUT2D eigenvalue weighted by Gasteiger charge is -2.15. The van der Waals surface area contributed by atoms with Crippen LogP contribution in [-0.4, -0.2) is 25.0 Å². The fourth-order valence-corrected chi connectivity index (χ4v) is 2.16. The summed E-state index contributed by atoms with van der Waals surface area (Å²) in [6.07, 6.45) is 1.68. The van der Waals surface area contributed by atoms with E-state index in [2.05, 4.69) is 11.6 Å². The standard InChI is InChI=1S/C13H16N2O2.C2H6/c1-6-8-7-9-10(14-11(8)17-5)13(2,3)12(16)15(9)4;1-2/h6-7H,1H2,2-5H3;1-2H3. The number of hydrogen-bond acceptors (Lipinski definition) is 3. The molecule has 0 N–H and O–H groups in total. The van der Waals surface area contributed by atoms with Crippen molar-refractivity contribution in [3.63, 3.8) is 0 Å². The molecule has 1 amide bonds. The Kier molecular flexibility index (Phi) is 4.35. The average Bonchev–Trinajstić information content (AvgIpc) is 2.61. The van der Waals surface area contributed by atoms with E-state index < -0.39 is 5.41 Å². The zero-order chi connectivity index (χ0) is 14.8. The van der Waals surface area contributed by atoms with E-state index in [-0.39, 0.29) is 5.91 Å². The molecule has 0 fully saturated rings. The number of carbonyl (C=O) groups is 1. The third kappa shape index (κ3) is 2.23. The lowest BCUT2D eigenvalue weighted by atomic mass is 9.90. The molecule has 1 aliphatic rings. The van der Waals surface area contributed by atoms with Crippen molar-refractivity contribution in [2.45, 2.75) is 33.1 Å². The molecule has 2 rings (SSSR count). The van der Waals surface area contributed by atoms with Crippen LogP contribution < -0.4 is 9.64 Å². The average molecular weight is 262 g/mol. The fourth-order valence-electron chi connectivity index (χ4n) is 2.16. The Hall–Kier alpha value is -1.84.